The van der Waals surface area contributed by atoms with Crippen molar-refractivity contribution in [3.05, 3.63) is 54.6 Å². The second-order valence-corrected chi connectivity index (χ2v) is 6.67. The lowest BCUT2D eigenvalue weighted by Gasteiger charge is -2.36. The summed E-state index contributed by atoms with van der Waals surface area (Å²) in [7, 11) is 0. The largest absolute Gasteiger partial charge is 0.369 e. The van der Waals surface area contributed by atoms with Gasteiger partial charge in [-0.15, -0.1) is 17.5 Å². The van der Waals surface area contributed by atoms with E-state index in [0.717, 1.165) is 50.2 Å². The molecule has 0 unspecified atom stereocenters. The maximum Gasteiger partial charge on any atom is 0.113 e. The van der Waals surface area contributed by atoms with Gasteiger partial charge in [-0.3, -0.25) is 4.90 Å². The Kier molecular flexibility index (Phi) is 6.47. The van der Waals surface area contributed by atoms with Crippen LogP contribution in [0.2, 0.25) is 0 Å². The number of fused-ring (bicyclic) bond motifs is 1. The summed E-state index contributed by atoms with van der Waals surface area (Å²) in [6, 6.07) is 18.9. The average Bonchev–Trinajstić information content (AvgIpc) is 3.10. The zero-order chi connectivity index (χ0) is 16.9. The van der Waals surface area contributed by atoms with Gasteiger partial charge in [-0.25, -0.2) is 4.68 Å². The fourth-order valence-corrected chi connectivity index (χ4v) is 3.55. The van der Waals surface area contributed by atoms with Gasteiger partial charge in [0.2, 0.25) is 0 Å². The molecule has 1 aromatic heterocycles. The van der Waals surface area contributed by atoms with Crippen molar-refractivity contribution in [1.82, 2.24) is 19.9 Å². The van der Waals surface area contributed by atoms with Crippen molar-refractivity contribution >= 4 is 29.1 Å². The van der Waals surface area contributed by atoms with Crippen molar-refractivity contribution in [2.45, 2.75) is 19.4 Å². The van der Waals surface area contributed by atoms with Crippen LogP contribution in [0.4, 0.5) is 5.69 Å². The minimum Gasteiger partial charge on any atom is -0.369 e. The van der Waals surface area contributed by atoms with Gasteiger partial charge in [-0.2, -0.15) is 0 Å². The number of benzene rings is 2. The van der Waals surface area contributed by atoms with Gasteiger partial charge in [0.05, 0.1) is 5.52 Å². The minimum atomic E-state index is 0. The summed E-state index contributed by atoms with van der Waals surface area (Å²) in [4.78, 5) is 5.07. The highest BCUT2D eigenvalue weighted by Gasteiger charge is 2.16. The van der Waals surface area contributed by atoms with Crippen molar-refractivity contribution in [1.29, 1.82) is 0 Å². The van der Waals surface area contributed by atoms with Crippen LogP contribution in [-0.4, -0.2) is 52.6 Å². The first-order valence-electron chi connectivity index (χ1n) is 9.21. The molecule has 1 saturated heterocycles. The van der Waals surface area contributed by atoms with Crippen LogP contribution in [-0.2, 0) is 6.54 Å². The zero-order valence-corrected chi connectivity index (χ0v) is 15.8. The van der Waals surface area contributed by atoms with E-state index in [9.17, 15) is 0 Å². The molecular formula is C20H26ClN5. The molecule has 0 atom stereocenters. The van der Waals surface area contributed by atoms with Gasteiger partial charge in [-0.1, -0.05) is 35.5 Å². The zero-order valence-electron chi connectivity index (χ0n) is 15.0. The third kappa shape index (κ3) is 4.34. The van der Waals surface area contributed by atoms with E-state index in [-0.39, 0.29) is 12.4 Å². The smallest absolute Gasteiger partial charge is 0.113 e. The maximum absolute atomic E-state index is 4.27. The Hall–Kier alpha value is -2.11. The number of piperazine rings is 1. The number of aryl methyl sites for hydroxylation is 1. The molecule has 0 saturated carbocycles. The predicted octanol–water partition coefficient (Wildman–Crippen LogP) is 3.46. The average molecular weight is 372 g/mol. The molecule has 26 heavy (non-hydrogen) atoms. The van der Waals surface area contributed by atoms with Crippen molar-refractivity contribution in [3.63, 3.8) is 0 Å². The molecule has 1 aliphatic rings. The van der Waals surface area contributed by atoms with Crippen molar-refractivity contribution in [2.24, 2.45) is 0 Å². The number of hydrogen-bond acceptors (Lipinski definition) is 4. The van der Waals surface area contributed by atoms with Crippen LogP contribution >= 0.6 is 12.4 Å². The van der Waals surface area contributed by atoms with Crippen LogP contribution in [0.5, 0.6) is 0 Å². The fourth-order valence-electron chi connectivity index (χ4n) is 3.55. The summed E-state index contributed by atoms with van der Waals surface area (Å²) in [6.45, 7) is 6.68. The Morgan fingerprint density at radius 2 is 1.46 bits per heavy atom. The summed E-state index contributed by atoms with van der Waals surface area (Å²) in [5.74, 6) is 0. The Balaban J connectivity index is 0.00000196. The van der Waals surface area contributed by atoms with Gasteiger partial charge in [-0.05, 0) is 43.7 Å². The lowest BCUT2D eigenvalue weighted by molar-refractivity contribution is 0.251. The van der Waals surface area contributed by atoms with E-state index in [1.54, 1.807) is 0 Å². The van der Waals surface area contributed by atoms with Crippen molar-refractivity contribution in [2.75, 3.05) is 37.6 Å². The second-order valence-electron chi connectivity index (χ2n) is 6.67. The molecule has 0 spiro atoms. The topological polar surface area (TPSA) is 37.2 Å². The lowest BCUT2D eigenvalue weighted by atomic mass is 10.2. The molecule has 0 N–H and O–H groups in total. The van der Waals surface area contributed by atoms with E-state index in [4.69, 9.17) is 0 Å². The molecule has 2 aromatic carbocycles. The van der Waals surface area contributed by atoms with Crippen LogP contribution in [0, 0.1) is 0 Å². The molecule has 0 radical (unpaired) electrons. The highest BCUT2D eigenvalue weighted by atomic mass is 35.5. The van der Waals surface area contributed by atoms with Crippen molar-refractivity contribution in [3.8, 4) is 0 Å². The third-order valence-corrected chi connectivity index (χ3v) is 5.01. The number of anilines is 1. The van der Waals surface area contributed by atoms with E-state index < -0.39 is 0 Å². The number of rotatable bonds is 6. The highest BCUT2D eigenvalue weighted by Crippen LogP contribution is 2.16. The Bertz CT molecular complexity index is 796. The molecule has 2 heterocycles. The molecule has 0 amide bonds. The van der Waals surface area contributed by atoms with Crippen LogP contribution in [0.3, 0.4) is 0 Å². The standard InChI is InChI=1S/C20H25N5.ClH/c1-2-8-18(9-3-1)24-16-14-23(15-17-24)12-6-7-13-25-20-11-5-4-10-19(20)21-22-25;/h1-5,8-11H,6-7,12-17H2;1H. The first-order valence-corrected chi connectivity index (χ1v) is 9.21. The molecule has 5 nitrogen and oxygen atoms in total. The van der Waals surface area contributed by atoms with Gasteiger partial charge in [0.25, 0.3) is 0 Å². The first-order chi connectivity index (χ1) is 12.4. The third-order valence-electron chi connectivity index (χ3n) is 5.01. The molecule has 0 aliphatic carbocycles. The Labute approximate surface area is 161 Å². The Morgan fingerprint density at radius 1 is 0.769 bits per heavy atom. The molecule has 3 aromatic rings. The minimum absolute atomic E-state index is 0. The van der Waals surface area contributed by atoms with Crippen molar-refractivity contribution < 1.29 is 0 Å². The van der Waals surface area contributed by atoms with E-state index in [1.165, 1.54) is 18.7 Å². The van der Waals surface area contributed by atoms with E-state index in [1.807, 2.05) is 16.8 Å². The normalized spacial score (nSPS) is 15.2. The summed E-state index contributed by atoms with van der Waals surface area (Å²) < 4.78 is 2.03. The number of aromatic nitrogens is 3. The summed E-state index contributed by atoms with van der Waals surface area (Å²) in [5, 5.41) is 8.49. The maximum atomic E-state index is 4.27. The van der Waals surface area contributed by atoms with Crippen LogP contribution in [0.1, 0.15) is 12.8 Å². The van der Waals surface area contributed by atoms with Gasteiger partial charge >= 0.3 is 0 Å². The van der Waals surface area contributed by atoms with E-state index >= 15 is 0 Å². The van der Waals surface area contributed by atoms with Gasteiger partial charge < -0.3 is 4.90 Å². The molecular weight excluding hydrogens is 346 g/mol. The van der Waals surface area contributed by atoms with Crippen LogP contribution in [0.25, 0.3) is 11.0 Å². The highest BCUT2D eigenvalue weighted by molar-refractivity contribution is 5.85. The lowest BCUT2D eigenvalue weighted by Crippen LogP contribution is -2.46. The monoisotopic (exact) mass is 371 g/mol. The predicted molar refractivity (Wildman–Crippen MR) is 109 cm³/mol. The fraction of sp³-hybridized carbons (Fsp3) is 0.400. The SMILES string of the molecule is Cl.c1ccc(N2CCN(CCCCn3nnc4ccccc43)CC2)cc1. The molecule has 0 bridgehead atoms. The first kappa shape index (κ1) is 18.7. The number of para-hydroxylation sites is 2. The number of hydrogen-bond donors (Lipinski definition) is 0. The summed E-state index contributed by atoms with van der Waals surface area (Å²) in [5.41, 5.74) is 3.47. The molecule has 6 heteroatoms. The number of nitrogens with zero attached hydrogens (tertiary/aromatic N) is 5. The molecule has 1 fully saturated rings. The Morgan fingerprint density at radius 3 is 2.27 bits per heavy atom. The van der Waals surface area contributed by atoms with Gasteiger partial charge in [0.1, 0.15) is 5.52 Å². The molecule has 138 valence electrons. The summed E-state index contributed by atoms with van der Waals surface area (Å²) >= 11 is 0. The van der Waals surface area contributed by atoms with Gasteiger partial charge in [0.15, 0.2) is 0 Å². The number of halogens is 1. The molecule has 1 aliphatic heterocycles. The van der Waals surface area contributed by atoms with E-state index in [0.29, 0.717) is 0 Å². The molecule has 4 rings (SSSR count). The van der Waals surface area contributed by atoms with Gasteiger partial charge in [0, 0.05) is 38.4 Å². The van der Waals surface area contributed by atoms with Crippen LogP contribution in [0.15, 0.2) is 54.6 Å². The number of unbranched alkanes of at least 4 members (excludes halogenated alkanes) is 1. The quantitative estimate of drug-likeness (QED) is 0.622. The van der Waals surface area contributed by atoms with Crippen LogP contribution < -0.4 is 4.90 Å². The van der Waals surface area contributed by atoms with E-state index in [2.05, 4.69) is 62.6 Å². The second kappa shape index (κ2) is 9.01. The summed E-state index contributed by atoms with van der Waals surface area (Å²) in [6.07, 6.45) is 2.35.